The molecule has 0 radical (unpaired) electrons. The second-order valence-electron chi connectivity index (χ2n) is 5.56. The van der Waals surface area contributed by atoms with Crippen molar-refractivity contribution >= 4 is 0 Å². The van der Waals surface area contributed by atoms with Crippen molar-refractivity contribution in [1.82, 2.24) is 0 Å². The second-order valence-corrected chi connectivity index (χ2v) is 5.56. The summed E-state index contributed by atoms with van der Waals surface area (Å²) in [5.41, 5.74) is 3.43. The fourth-order valence-corrected chi connectivity index (χ4v) is 3.08. The average molecular weight is 288 g/mol. The van der Waals surface area contributed by atoms with E-state index in [9.17, 15) is 0 Å². The number of hydrogen-bond acceptors (Lipinski definition) is 1. The average Bonchev–Trinajstić information content (AvgIpc) is 2.62. The first kappa shape index (κ1) is 14.4. The lowest BCUT2D eigenvalue weighted by atomic mass is 9.71. The van der Waals surface area contributed by atoms with Gasteiger partial charge < -0.3 is 4.74 Å². The molecule has 0 aliphatic rings. The topological polar surface area (TPSA) is 9.23 Å². The van der Waals surface area contributed by atoms with Crippen molar-refractivity contribution in [2.45, 2.75) is 12.3 Å². The van der Waals surface area contributed by atoms with Gasteiger partial charge in [0.05, 0.1) is 7.11 Å². The van der Waals surface area contributed by atoms with Gasteiger partial charge in [0.15, 0.2) is 0 Å². The van der Waals surface area contributed by atoms with E-state index >= 15 is 0 Å². The Balaban J connectivity index is 2.29. The van der Waals surface area contributed by atoms with Gasteiger partial charge in [-0.25, -0.2) is 0 Å². The molecule has 0 spiro atoms. The quantitative estimate of drug-likeness (QED) is 0.610. The van der Waals surface area contributed by atoms with Crippen LogP contribution in [0.4, 0.5) is 0 Å². The Kier molecular flexibility index (Phi) is 3.97. The molecule has 0 unspecified atom stereocenters. The Labute approximate surface area is 132 Å². The van der Waals surface area contributed by atoms with Crippen LogP contribution in [0.5, 0.6) is 5.75 Å². The van der Waals surface area contributed by atoms with E-state index in [0.29, 0.717) is 0 Å². The van der Waals surface area contributed by atoms with Crippen molar-refractivity contribution in [2.24, 2.45) is 0 Å². The molecular formula is C21H20O. The number of ether oxygens (including phenoxy) is 1. The zero-order valence-electron chi connectivity index (χ0n) is 13.0. The van der Waals surface area contributed by atoms with Crippen LogP contribution >= 0.6 is 0 Å². The summed E-state index contributed by atoms with van der Waals surface area (Å²) in [6.45, 7) is 2.26. The predicted molar refractivity (Wildman–Crippen MR) is 91.4 cm³/mol. The lowest BCUT2D eigenvalue weighted by Crippen LogP contribution is -2.25. The first-order valence-electron chi connectivity index (χ1n) is 7.51. The van der Waals surface area contributed by atoms with Crippen LogP contribution in [-0.2, 0) is 5.41 Å². The molecule has 3 aromatic carbocycles. The third-order valence-electron chi connectivity index (χ3n) is 4.35. The zero-order chi connectivity index (χ0) is 15.4. The highest BCUT2D eigenvalue weighted by Gasteiger charge is 2.33. The molecule has 0 bridgehead atoms. The molecule has 0 aliphatic heterocycles. The largest absolute Gasteiger partial charge is 0.496 e. The summed E-state index contributed by atoms with van der Waals surface area (Å²) in [7, 11) is 1.73. The highest BCUT2D eigenvalue weighted by atomic mass is 16.5. The monoisotopic (exact) mass is 288 g/mol. The second kappa shape index (κ2) is 6.07. The van der Waals surface area contributed by atoms with Gasteiger partial charge in [0, 0.05) is 11.0 Å². The van der Waals surface area contributed by atoms with E-state index in [-0.39, 0.29) is 5.41 Å². The summed E-state index contributed by atoms with van der Waals surface area (Å²) in [5.74, 6) is 0.915. The molecule has 22 heavy (non-hydrogen) atoms. The highest BCUT2D eigenvalue weighted by Crippen LogP contribution is 2.42. The summed E-state index contributed by atoms with van der Waals surface area (Å²) in [5, 5.41) is 0. The van der Waals surface area contributed by atoms with E-state index in [1.807, 2.05) is 12.1 Å². The lowest BCUT2D eigenvalue weighted by Gasteiger charge is -2.33. The van der Waals surface area contributed by atoms with Crippen molar-refractivity contribution in [3.63, 3.8) is 0 Å². The van der Waals surface area contributed by atoms with E-state index < -0.39 is 0 Å². The Morgan fingerprint density at radius 1 is 0.636 bits per heavy atom. The molecule has 1 heteroatoms. The smallest absolute Gasteiger partial charge is 0.123 e. The minimum absolute atomic E-state index is 0.255. The van der Waals surface area contributed by atoms with Gasteiger partial charge in [-0.15, -0.1) is 0 Å². The molecular weight excluding hydrogens is 268 g/mol. The molecule has 110 valence electrons. The minimum Gasteiger partial charge on any atom is -0.496 e. The Bertz CT molecular complexity index is 693. The number of benzene rings is 3. The molecule has 0 aromatic heterocycles. The summed E-state index contributed by atoms with van der Waals surface area (Å²) < 4.78 is 5.63. The first-order valence-corrected chi connectivity index (χ1v) is 7.51. The van der Waals surface area contributed by atoms with Crippen LogP contribution in [0, 0.1) is 0 Å². The van der Waals surface area contributed by atoms with Crippen LogP contribution in [-0.4, -0.2) is 7.11 Å². The van der Waals surface area contributed by atoms with E-state index in [4.69, 9.17) is 4.74 Å². The standard InChI is InChI=1S/C21H20O/c1-21(17-11-5-3-6-12-17,18-13-7-4-8-14-18)19-15-9-10-16-20(19)22-2/h3-16H,1-2H3. The Hall–Kier alpha value is -2.54. The molecule has 0 atom stereocenters. The molecule has 0 aliphatic carbocycles. The van der Waals surface area contributed by atoms with Gasteiger partial charge in [-0.05, 0) is 24.1 Å². The van der Waals surface area contributed by atoms with Gasteiger partial charge in [-0.1, -0.05) is 78.9 Å². The summed E-state index contributed by atoms with van der Waals surface area (Å²) in [6, 6.07) is 29.4. The summed E-state index contributed by atoms with van der Waals surface area (Å²) in [6.07, 6.45) is 0. The number of rotatable bonds is 4. The van der Waals surface area contributed by atoms with Crippen LogP contribution in [0.3, 0.4) is 0 Å². The van der Waals surface area contributed by atoms with Crippen LogP contribution in [0.15, 0.2) is 84.9 Å². The van der Waals surface area contributed by atoms with Crippen LogP contribution in [0.25, 0.3) is 0 Å². The van der Waals surface area contributed by atoms with E-state index in [1.165, 1.54) is 16.7 Å². The van der Waals surface area contributed by atoms with Gasteiger partial charge in [-0.2, -0.15) is 0 Å². The van der Waals surface area contributed by atoms with Crippen molar-refractivity contribution in [3.05, 3.63) is 102 Å². The SMILES string of the molecule is COc1ccccc1C(C)(c1ccccc1)c1ccccc1. The minimum atomic E-state index is -0.255. The molecule has 0 N–H and O–H groups in total. The normalized spacial score (nSPS) is 11.2. The number of para-hydroxylation sites is 1. The van der Waals surface area contributed by atoms with Crippen molar-refractivity contribution in [3.8, 4) is 5.75 Å². The Morgan fingerprint density at radius 3 is 1.59 bits per heavy atom. The summed E-state index contributed by atoms with van der Waals surface area (Å²) >= 11 is 0. The van der Waals surface area contributed by atoms with Gasteiger partial charge in [0.25, 0.3) is 0 Å². The molecule has 3 rings (SSSR count). The molecule has 0 saturated carbocycles. The van der Waals surface area contributed by atoms with Crippen molar-refractivity contribution in [2.75, 3.05) is 7.11 Å². The lowest BCUT2D eigenvalue weighted by molar-refractivity contribution is 0.403. The number of hydrogen-bond donors (Lipinski definition) is 0. The van der Waals surface area contributed by atoms with Gasteiger partial charge >= 0.3 is 0 Å². The fourth-order valence-electron chi connectivity index (χ4n) is 3.08. The molecule has 0 fully saturated rings. The molecule has 3 aromatic rings. The molecule has 0 saturated heterocycles. The maximum absolute atomic E-state index is 5.63. The maximum atomic E-state index is 5.63. The van der Waals surface area contributed by atoms with Gasteiger partial charge in [-0.3, -0.25) is 0 Å². The first-order chi connectivity index (χ1) is 10.8. The third-order valence-corrected chi connectivity index (χ3v) is 4.35. The maximum Gasteiger partial charge on any atom is 0.123 e. The van der Waals surface area contributed by atoms with Gasteiger partial charge in [0.1, 0.15) is 5.75 Å². The molecule has 0 heterocycles. The van der Waals surface area contributed by atoms with Crippen molar-refractivity contribution < 1.29 is 4.74 Å². The van der Waals surface area contributed by atoms with E-state index in [1.54, 1.807) is 7.11 Å². The predicted octanol–water partition coefficient (Wildman–Crippen LogP) is 5.05. The van der Waals surface area contributed by atoms with E-state index in [0.717, 1.165) is 5.75 Å². The Morgan fingerprint density at radius 2 is 1.09 bits per heavy atom. The highest BCUT2D eigenvalue weighted by molar-refractivity contribution is 5.54. The fraction of sp³-hybridized carbons (Fsp3) is 0.143. The third kappa shape index (κ3) is 2.39. The summed E-state index contributed by atoms with van der Waals surface area (Å²) in [4.78, 5) is 0. The number of methoxy groups -OCH3 is 1. The van der Waals surface area contributed by atoms with Crippen LogP contribution in [0.1, 0.15) is 23.6 Å². The molecule has 0 amide bonds. The van der Waals surface area contributed by atoms with Crippen LogP contribution in [0.2, 0.25) is 0 Å². The van der Waals surface area contributed by atoms with Gasteiger partial charge in [0.2, 0.25) is 0 Å². The zero-order valence-corrected chi connectivity index (χ0v) is 13.0. The van der Waals surface area contributed by atoms with E-state index in [2.05, 4.69) is 79.7 Å². The van der Waals surface area contributed by atoms with Crippen LogP contribution < -0.4 is 4.74 Å². The van der Waals surface area contributed by atoms with Crippen molar-refractivity contribution in [1.29, 1.82) is 0 Å². The molecule has 1 nitrogen and oxygen atoms in total.